The predicted molar refractivity (Wildman–Crippen MR) is 93.7 cm³/mol. The summed E-state index contributed by atoms with van der Waals surface area (Å²) in [5.41, 5.74) is 2.18. The van der Waals surface area contributed by atoms with E-state index < -0.39 is 0 Å². The van der Waals surface area contributed by atoms with Gasteiger partial charge >= 0.3 is 0 Å². The molecule has 2 heterocycles. The average Bonchev–Trinajstić information content (AvgIpc) is 2.62. The maximum Gasteiger partial charge on any atom is 0.227 e. The maximum absolute atomic E-state index is 12.7. The molecule has 3 rings (SSSR count). The number of hydrogen-bond donors (Lipinski definition) is 1. The molecule has 0 unspecified atom stereocenters. The number of nitrogens with zero attached hydrogens (tertiary/aromatic N) is 2. The van der Waals surface area contributed by atoms with Gasteiger partial charge in [-0.25, -0.2) is 0 Å². The van der Waals surface area contributed by atoms with Crippen LogP contribution in [0.25, 0.3) is 0 Å². The summed E-state index contributed by atoms with van der Waals surface area (Å²) in [7, 11) is 0. The third kappa shape index (κ3) is 4.34. The molecule has 1 N–H and O–H groups in total. The molecule has 1 aliphatic heterocycles. The molecule has 1 fully saturated rings. The summed E-state index contributed by atoms with van der Waals surface area (Å²) in [4.78, 5) is 18.9. The number of hydrogen-bond acceptors (Lipinski definition) is 3. The van der Waals surface area contributed by atoms with Gasteiger partial charge in [0.05, 0.1) is 6.42 Å². The van der Waals surface area contributed by atoms with Crippen LogP contribution in [0.4, 0.5) is 0 Å². The van der Waals surface area contributed by atoms with E-state index in [4.69, 9.17) is 0 Å². The second kappa shape index (κ2) is 7.95. The van der Waals surface area contributed by atoms with E-state index in [0.29, 0.717) is 18.2 Å². The SMILES string of the molecule is O=C(Cc1cccnc1)N1CCCC[C@@H]1CCc1ccc(O)cc1. The Morgan fingerprint density at radius 3 is 2.75 bits per heavy atom. The first kappa shape index (κ1) is 16.5. The Morgan fingerprint density at radius 1 is 1.17 bits per heavy atom. The fraction of sp³-hybridized carbons (Fsp3) is 0.400. The Balaban J connectivity index is 1.60. The van der Waals surface area contributed by atoms with Crippen molar-refractivity contribution >= 4 is 5.91 Å². The highest BCUT2D eigenvalue weighted by atomic mass is 16.3. The Labute approximate surface area is 143 Å². The van der Waals surface area contributed by atoms with Crippen molar-refractivity contribution in [1.29, 1.82) is 0 Å². The van der Waals surface area contributed by atoms with Crippen LogP contribution < -0.4 is 0 Å². The summed E-state index contributed by atoms with van der Waals surface area (Å²) in [6.07, 6.45) is 9.21. The van der Waals surface area contributed by atoms with Gasteiger partial charge in [0.25, 0.3) is 0 Å². The fourth-order valence-corrected chi connectivity index (χ4v) is 3.40. The smallest absolute Gasteiger partial charge is 0.227 e. The molecule has 1 saturated heterocycles. The summed E-state index contributed by atoms with van der Waals surface area (Å²) in [6.45, 7) is 0.860. The van der Waals surface area contributed by atoms with Crippen LogP contribution in [0.1, 0.15) is 36.8 Å². The Bertz CT molecular complexity index is 655. The average molecular weight is 324 g/mol. The number of phenols is 1. The number of amides is 1. The number of phenolic OH excluding ortho intramolecular Hbond substituents is 1. The zero-order valence-corrected chi connectivity index (χ0v) is 13.9. The summed E-state index contributed by atoms with van der Waals surface area (Å²) in [5.74, 6) is 0.503. The zero-order chi connectivity index (χ0) is 16.8. The van der Waals surface area contributed by atoms with Crippen LogP contribution in [0.5, 0.6) is 5.75 Å². The minimum absolute atomic E-state index is 0.207. The van der Waals surface area contributed by atoms with Gasteiger partial charge < -0.3 is 10.0 Å². The monoisotopic (exact) mass is 324 g/mol. The molecule has 4 nitrogen and oxygen atoms in total. The zero-order valence-electron chi connectivity index (χ0n) is 13.9. The summed E-state index contributed by atoms with van der Waals surface area (Å²) in [5, 5.41) is 9.37. The van der Waals surface area contributed by atoms with Gasteiger partial charge in [-0.1, -0.05) is 18.2 Å². The van der Waals surface area contributed by atoms with Crippen LogP contribution in [0.2, 0.25) is 0 Å². The number of aromatic hydroxyl groups is 1. The van der Waals surface area contributed by atoms with Gasteiger partial charge in [0.15, 0.2) is 0 Å². The van der Waals surface area contributed by atoms with E-state index in [2.05, 4.69) is 9.88 Å². The molecule has 1 atom stereocenters. The molecular weight excluding hydrogens is 300 g/mol. The molecule has 1 aliphatic rings. The van der Waals surface area contributed by atoms with Crippen molar-refractivity contribution in [3.05, 3.63) is 59.9 Å². The second-order valence-electron chi connectivity index (χ2n) is 6.48. The van der Waals surface area contributed by atoms with Gasteiger partial charge in [-0.3, -0.25) is 9.78 Å². The Kier molecular flexibility index (Phi) is 5.47. The van der Waals surface area contributed by atoms with Crippen molar-refractivity contribution in [2.45, 2.75) is 44.6 Å². The molecule has 4 heteroatoms. The molecule has 0 bridgehead atoms. The molecule has 1 aromatic carbocycles. The van der Waals surface area contributed by atoms with Gasteiger partial charge in [-0.15, -0.1) is 0 Å². The molecule has 1 amide bonds. The lowest BCUT2D eigenvalue weighted by Gasteiger charge is -2.36. The number of piperidine rings is 1. The molecule has 0 radical (unpaired) electrons. The molecule has 0 saturated carbocycles. The van der Waals surface area contributed by atoms with Crippen molar-refractivity contribution in [3.8, 4) is 5.75 Å². The highest BCUT2D eigenvalue weighted by molar-refractivity contribution is 5.79. The Hall–Kier alpha value is -2.36. The van der Waals surface area contributed by atoms with Crippen LogP contribution in [0, 0.1) is 0 Å². The van der Waals surface area contributed by atoms with Crippen LogP contribution in [0.15, 0.2) is 48.8 Å². The Morgan fingerprint density at radius 2 is 2.00 bits per heavy atom. The molecule has 24 heavy (non-hydrogen) atoms. The first-order valence-corrected chi connectivity index (χ1v) is 8.68. The number of aryl methyl sites for hydroxylation is 1. The topological polar surface area (TPSA) is 53.4 Å². The van der Waals surface area contributed by atoms with Crippen LogP contribution in [-0.2, 0) is 17.6 Å². The van der Waals surface area contributed by atoms with E-state index in [9.17, 15) is 9.90 Å². The van der Waals surface area contributed by atoms with Crippen molar-refractivity contribution in [2.24, 2.45) is 0 Å². The lowest BCUT2D eigenvalue weighted by molar-refractivity contribution is -0.134. The van der Waals surface area contributed by atoms with Gasteiger partial charge in [0.1, 0.15) is 5.75 Å². The van der Waals surface area contributed by atoms with E-state index in [1.54, 1.807) is 24.5 Å². The molecule has 1 aromatic heterocycles. The first-order valence-electron chi connectivity index (χ1n) is 8.68. The van der Waals surface area contributed by atoms with E-state index in [1.807, 2.05) is 24.3 Å². The van der Waals surface area contributed by atoms with Gasteiger partial charge in [-0.05, 0) is 61.4 Å². The number of aromatic nitrogens is 1. The molecule has 0 spiro atoms. The fourth-order valence-electron chi connectivity index (χ4n) is 3.40. The minimum Gasteiger partial charge on any atom is -0.508 e. The summed E-state index contributed by atoms with van der Waals surface area (Å²) >= 11 is 0. The van der Waals surface area contributed by atoms with Gasteiger partial charge in [-0.2, -0.15) is 0 Å². The van der Waals surface area contributed by atoms with Crippen LogP contribution in [0.3, 0.4) is 0 Å². The van der Waals surface area contributed by atoms with Crippen molar-refractivity contribution in [3.63, 3.8) is 0 Å². The highest BCUT2D eigenvalue weighted by Crippen LogP contribution is 2.23. The van der Waals surface area contributed by atoms with Crippen molar-refractivity contribution in [2.75, 3.05) is 6.54 Å². The number of carbonyl (C=O) groups is 1. The first-order chi connectivity index (χ1) is 11.7. The summed E-state index contributed by atoms with van der Waals surface area (Å²) < 4.78 is 0. The van der Waals surface area contributed by atoms with Crippen molar-refractivity contribution in [1.82, 2.24) is 9.88 Å². The van der Waals surface area contributed by atoms with E-state index in [0.717, 1.165) is 37.8 Å². The van der Waals surface area contributed by atoms with E-state index in [1.165, 1.54) is 12.0 Å². The standard InChI is InChI=1S/C20H24N2O2/c23-19-10-7-16(8-11-19)6-9-18-5-1-2-13-22(18)20(24)14-17-4-3-12-21-15-17/h3-4,7-8,10-12,15,18,23H,1-2,5-6,9,13-14H2/t18-/m1/s1. The molecule has 0 aliphatic carbocycles. The number of carbonyl (C=O) groups excluding carboxylic acids is 1. The van der Waals surface area contributed by atoms with E-state index >= 15 is 0 Å². The number of benzene rings is 1. The highest BCUT2D eigenvalue weighted by Gasteiger charge is 2.26. The third-order valence-corrected chi connectivity index (χ3v) is 4.73. The quantitative estimate of drug-likeness (QED) is 0.918. The largest absolute Gasteiger partial charge is 0.508 e. The van der Waals surface area contributed by atoms with Crippen LogP contribution >= 0.6 is 0 Å². The van der Waals surface area contributed by atoms with Gasteiger partial charge in [0, 0.05) is 25.0 Å². The lowest BCUT2D eigenvalue weighted by atomic mass is 9.95. The van der Waals surface area contributed by atoms with Crippen LogP contribution in [-0.4, -0.2) is 33.5 Å². The normalized spacial score (nSPS) is 17.7. The van der Waals surface area contributed by atoms with Crippen molar-refractivity contribution < 1.29 is 9.90 Å². The lowest BCUT2D eigenvalue weighted by Crippen LogP contribution is -2.44. The minimum atomic E-state index is 0.207. The maximum atomic E-state index is 12.7. The number of likely N-dealkylation sites (tertiary alicyclic amines) is 1. The number of rotatable bonds is 5. The third-order valence-electron chi connectivity index (χ3n) is 4.73. The summed E-state index contributed by atoms with van der Waals surface area (Å²) in [6, 6.07) is 11.5. The molecular formula is C20H24N2O2. The predicted octanol–water partition coefficient (Wildman–Crippen LogP) is 3.34. The number of pyridine rings is 1. The molecule has 126 valence electrons. The second-order valence-corrected chi connectivity index (χ2v) is 6.48. The van der Waals surface area contributed by atoms with E-state index in [-0.39, 0.29) is 5.91 Å². The van der Waals surface area contributed by atoms with Gasteiger partial charge in [0.2, 0.25) is 5.91 Å². The molecule has 2 aromatic rings.